The van der Waals surface area contributed by atoms with E-state index in [1.165, 1.54) is 52.1 Å². The van der Waals surface area contributed by atoms with Gasteiger partial charge in [0.25, 0.3) is 5.69 Å². The molecule has 29 heteroatoms. The molecule has 0 unspecified atom stereocenters. The Labute approximate surface area is 724 Å². The third kappa shape index (κ3) is 18.2. The molecule has 12 bridgehead atoms. The molecule has 0 fully saturated rings. The van der Waals surface area contributed by atoms with E-state index in [0.29, 0.717) is 148 Å². The minimum Gasteiger partial charge on any atom is -0.493 e. The van der Waals surface area contributed by atoms with E-state index in [4.69, 9.17) is 66.3 Å². The number of nitrogens with zero attached hydrogens (tertiary/aromatic N) is 5. The van der Waals surface area contributed by atoms with Gasteiger partial charge in [-0.25, -0.2) is 26.3 Å². The number of fused-ring (bicyclic) bond motifs is 5. The SMILES string of the molecule is COc1cc2c3cc1Oc1c(OC)c(OC)cc4c1[C@@H](Cc1ccc(OCCCNS(=O)(=O)c5cc([N+](=O)[O-])ccc5C)c(c1)Oc1ccc(cc1)C[C@@H]3N(C)CC2)N(C)CC4.COc1cc2c3cc1Oc1c(OC)c(OC)cc4c1[C@@H](Cc1ccc(OCCCNS(=O)(=O)c5ccc6c(c5)OCCO6)c(c1)Oc1ccc(cc1)C[C@@H]3N(C)CC2)N(C)CC4. The third-order valence-corrected chi connectivity index (χ3v) is 27.6. The standard InChI is InChI=1S/C48H53N3O10S.C47H52N4O10S/c1-50-18-15-32-26-41(54-3)44-29-36(32)37(50)23-30-7-10-34(11-8-30)60-43-25-31(24-38-46-33(16-19-51(38)2)27-45(55-4)47(56-5)48(46)61-44)9-13-40(43)57-20-6-17-49-62(52,53)35-12-14-39-42(28-35)59-22-21-58-39;1-29-8-12-34(51(52)53)27-44(29)62(54,55)48-18-7-21-59-39-15-11-31-23-38-45-33(17-20-50(38)3)26-43(57-5)46(58-6)47(45)61-42-28-36-32(25-40(42)56-4)16-19-49(2)37(36)22-30-9-13-35(14-10-30)60-41(39)24-31/h7-14,25-29,37-38,49H,6,15-24H2,1-5H3;8-15,24-28,37-38,48H,7,16-23H2,1-6H3/t2*37-,38+/m00/s1. The highest BCUT2D eigenvalue weighted by molar-refractivity contribution is 7.89. The predicted octanol–water partition coefficient (Wildman–Crippen LogP) is 15.8. The molecule has 2 N–H and O–H groups in total. The van der Waals surface area contributed by atoms with Gasteiger partial charge in [0.15, 0.2) is 80.5 Å². The fourth-order valence-electron chi connectivity index (χ4n) is 17.7. The molecule has 4 atom stereocenters. The summed E-state index contributed by atoms with van der Waals surface area (Å²) in [5.74, 6) is 10.4. The summed E-state index contributed by atoms with van der Waals surface area (Å²) in [7, 11) is 10.7. The van der Waals surface area contributed by atoms with Gasteiger partial charge in [0, 0.05) is 92.8 Å². The van der Waals surface area contributed by atoms with Crippen molar-refractivity contribution in [3.05, 3.63) is 240 Å². The molecule has 0 aliphatic carbocycles. The van der Waals surface area contributed by atoms with E-state index in [2.05, 4.69) is 124 Å². The number of aryl methyl sites for hydroxylation is 1. The Kier molecular flexibility index (Phi) is 25.7. The van der Waals surface area contributed by atoms with Crippen molar-refractivity contribution in [1.29, 1.82) is 0 Å². The van der Waals surface area contributed by atoms with E-state index < -0.39 is 25.0 Å². The van der Waals surface area contributed by atoms with Gasteiger partial charge in [0.2, 0.25) is 31.5 Å². The number of ether oxygens (including phenoxy) is 14. The normalized spacial score (nSPS) is 17.9. The summed E-state index contributed by atoms with van der Waals surface area (Å²) in [6.07, 6.45) is 6.87. The lowest BCUT2D eigenvalue weighted by atomic mass is 9.87. The van der Waals surface area contributed by atoms with Gasteiger partial charge in [-0.3, -0.25) is 29.7 Å². The minimum absolute atomic E-state index is 0.0550. The number of benzene rings is 10. The number of hydrogen-bond acceptors (Lipinski definition) is 24. The van der Waals surface area contributed by atoms with Crippen LogP contribution in [0.15, 0.2) is 168 Å². The molecule has 9 heterocycles. The fourth-order valence-corrected chi connectivity index (χ4v) is 20.1. The van der Waals surface area contributed by atoms with Gasteiger partial charge in [-0.2, -0.15) is 0 Å². The van der Waals surface area contributed by atoms with E-state index in [9.17, 15) is 26.9 Å². The molecule has 27 nitrogen and oxygen atoms in total. The molecule has 10 aromatic carbocycles. The van der Waals surface area contributed by atoms with Gasteiger partial charge < -0.3 is 66.3 Å². The lowest BCUT2D eigenvalue weighted by Crippen LogP contribution is -2.34. The quantitative estimate of drug-likeness (QED) is 0.0384. The Balaban J connectivity index is 0.000000183. The van der Waals surface area contributed by atoms with Gasteiger partial charge >= 0.3 is 0 Å². The van der Waals surface area contributed by atoms with Crippen molar-refractivity contribution in [2.75, 3.05) is 137 Å². The van der Waals surface area contributed by atoms with Gasteiger partial charge in [0.05, 0.1) is 70.6 Å². The van der Waals surface area contributed by atoms with Crippen LogP contribution in [-0.2, 0) is 71.4 Å². The number of methoxy groups -OCH3 is 6. The van der Waals surface area contributed by atoms with Gasteiger partial charge in [-0.1, -0.05) is 42.5 Å². The second-order valence-corrected chi connectivity index (χ2v) is 35.7. The lowest BCUT2D eigenvalue weighted by Gasteiger charge is -2.37. The second kappa shape index (κ2) is 37.1. The van der Waals surface area contributed by atoms with Crippen LogP contribution in [0.3, 0.4) is 0 Å². The monoisotopic (exact) mass is 1730 g/mol. The van der Waals surface area contributed by atoms with Crippen molar-refractivity contribution >= 4 is 25.7 Å². The molecule has 0 saturated heterocycles. The van der Waals surface area contributed by atoms with E-state index in [0.717, 1.165) is 110 Å². The van der Waals surface area contributed by atoms with E-state index in [-0.39, 0.29) is 65.9 Å². The van der Waals surface area contributed by atoms with Crippen LogP contribution in [0.2, 0.25) is 0 Å². The molecule has 652 valence electrons. The number of non-ortho nitro benzene ring substituents is 1. The molecular formula is C95H105N7O20S2. The summed E-state index contributed by atoms with van der Waals surface area (Å²) in [4.78, 5) is 20.2. The highest BCUT2D eigenvalue weighted by Crippen LogP contribution is 2.55. The maximum absolute atomic E-state index is 13.1. The molecule has 19 rings (SSSR count). The van der Waals surface area contributed by atoms with Crippen molar-refractivity contribution in [1.82, 2.24) is 29.0 Å². The topological polar surface area (TPSA) is 278 Å². The Morgan fingerprint density at radius 1 is 0.411 bits per heavy atom. The average Bonchev–Trinajstić information content (AvgIpc) is 0.748. The number of nitro groups is 1. The highest BCUT2D eigenvalue weighted by Gasteiger charge is 2.39. The summed E-state index contributed by atoms with van der Waals surface area (Å²) < 4.78 is 145. The molecule has 0 spiro atoms. The number of hydrogen-bond donors (Lipinski definition) is 2. The fraction of sp³-hybridized carbons (Fsp3) is 0.368. The van der Waals surface area contributed by atoms with Gasteiger partial charge in [-0.15, -0.1) is 0 Å². The van der Waals surface area contributed by atoms with Crippen molar-refractivity contribution in [2.24, 2.45) is 0 Å². The van der Waals surface area contributed by atoms with E-state index >= 15 is 0 Å². The first-order valence-corrected chi connectivity index (χ1v) is 44.8. The van der Waals surface area contributed by atoms with Crippen LogP contribution in [0.5, 0.6) is 103 Å². The lowest BCUT2D eigenvalue weighted by molar-refractivity contribution is -0.385. The van der Waals surface area contributed by atoms with Gasteiger partial charge in [-0.05, 0) is 258 Å². The van der Waals surface area contributed by atoms with Gasteiger partial charge in [0.1, 0.15) is 24.7 Å². The van der Waals surface area contributed by atoms with E-state index in [1.807, 2.05) is 54.6 Å². The third-order valence-electron chi connectivity index (χ3n) is 24.5. The molecule has 0 amide bonds. The summed E-state index contributed by atoms with van der Waals surface area (Å²) in [6, 6.07) is 49.3. The highest BCUT2D eigenvalue weighted by atomic mass is 32.2. The van der Waals surface area contributed by atoms with Crippen LogP contribution >= 0.6 is 0 Å². The summed E-state index contributed by atoms with van der Waals surface area (Å²) >= 11 is 0. The van der Waals surface area contributed by atoms with Crippen molar-refractivity contribution in [3.8, 4) is 103 Å². The molecule has 0 radical (unpaired) electrons. The van der Waals surface area contributed by atoms with Crippen LogP contribution in [-0.4, -0.2) is 178 Å². The first-order chi connectivity index (χ1) is 60.0. The Hall–Kier alpha value is -11.5. The Morgan fingerprint density at radius 3 is 1.27 bits per heavy atom. The zero-order valence-corrected chi connectivity index (χ0v) is 73.3. The molecule has 9 aliphatic rings. The maximum atomic E-state index is 13.1. The summed E-state index contributed by atoms with van der Waals surface area (Å²) in [6.45, 7) is 6.50. The number of nitrogens with one attached hydrogen (secondary N) is 2. The maximum Gasteiger partial charge on any atom is 0.270 e. The number of sulfonamides is 2. The number of rotatable bonds is 21. The Bertz CT molecular complexity index is 5880. The van der Waals surface area contributed by atoms with Crippen LogP contribution in [0.25, 0.3) is 0 Å². The van der Waals surface area contributed by atoms with Crippen LogP contribution in [0.1, 0.15) is 109 Å². The largest absolute Gasteiger partial charge is 0.493 e. The van der Waals surface area contributed by atoms with Crippen LogP contribution < -0.4 is 75.8 Å². The predicted molar refractivity (Wildman–Crippen MR) is 468 cm³/mol. The summed E-state index contributed by atoms with van der Waals surface area (Å²) in [5, 5.41) is 11.3. The number of likely N-dealkylation sites (N-methyl/N-ethyl adjacent to an activating group) is 4. The van der Waals surface area contributed by atoms with Crippen LogP contribution in [0, 0.1) is 17.0 Å². The Morgan fingerprint density at radius 2 is 0.823 bits per heavy atom. The smallest absolute Gasteiger partial charge is 0.270 e. The zero-order chi connectivity index (χ0) is 86.7. The van der Waals surface area contributed by atoms with Crippen molar-refractivity contribution in [2.45, 2.75) is 105 Å². The molecule has 0 saturated carbocycles. The van der Waals surface area contributed by atoms with Crippen molar-refractivity contribution < 1.29 is 88.1 Å². The first-order valence-electron chi connectivity index (χ1n) is 41.8. The number of nitro benzene ring substituents is 1. The van der Waals surface area contributed by atoms with Crippen LogP contribution in [0.4, 0.5) is 5.69 Å². The molecule has 10 aromatic rings. The molecule has 9 aliphatic heterocycles. The molecule has 0 aromatic heterocycles. The minimum atomic E-state index is -4.00. The average molecular weight is 1730 g/mol. The molecule has 124 heavy (non-hydrogen) atoms. The summed E-state index contributed by atoms with van der Waals surface area (Å²) in [5.41, 5.74) is 13.6. The first kappa shape index (κ1) is 86.0. The van der Waals surface area contributed by atoms with E-state index in [1.54, 1.807) is 55.6 Å². The van der Waals surface area contributed by atoms with Crippen molar-refractivity contribution in [3.63, 3.8) is 0 Å². The zero-order valence-electron chi connectivity index (χ0n) is 71.7. The second-order valence-electron chi connectivity index (χ2n) is 32.2. The molecular weight excluding hydrogens is 1620 g/mol.